The maximum absolute atomic E-state index is 11.8. The number of carbonyl (C=O) groups is 1. The van der Waals surface area contributed by atoms with Crippen LogP contribution in [-0.2, 0) is 20.7 Å². The number of nitrogens with zero attached hydrogens (tertiary/aromatic N) is 2. The van der Waals surface area contributed by atoms with E-state index in [-0.39, 0.29) is 18.6 Å². The summed E-state index contributed by atoms with van der Waals surface area (Å²) in [5.74, 6) is 0.899. The smallest absolute Gasteiger partial charge is 0.257 e. The van der Waals surface area contributed by atoms with Crippen LogP contribution in [0.15, 0.2) is 34.9 Å². The molecule has 1 aliphatic heterocycles. The predicted octanol–water partition coefficient (Wildman–Crippen LogP) is 1.98. The number of rotatable bonds is 8. The quantitative estimate of drug-likeness (QED) is 0.787. The highest BCUT2D eigenvalue weighted by Crippen LogP contribution is 2.16. The Morgan fingerprint density at radius 3 is 2.96 bits per heavy atom. The largest absolute Gasteiger partial charge is 0.376 e. The first kappa shape index (κ1) is 17.6. The van der Waals surface area contributed by atoms with E-state index >= 15 is 0 Å². The second kappa shape index (κ2) is 9.29. The Bertz CT molecular complexity index is 653. The summed E-state index contributed by atoms with van der Waals surface area (Å²) in [6.07, 6.45) is 3.91. The molecule has 1 saturated heterocycles. The van der Waals surface area contributed by atoms with E-state index in [9.17, 15) is 4.79 Å². The Balaban J connectivity index is 1.32. The molecule has 0 spiro atoms. The van der Waals surface area contributed by atoms with Crippen molar-refractivity contribution in [2.75, 3.05) is 26.4 Å². The molecule has 2 heterocycles. The molecule has 0 bridgehead atoms. The zero-order valence-electron chi connectivity index (χ0n) is 14.1. The molecule has 0 radical (unpaired) electrons. The molecular weight excluding hydrogens is 322 g/mol. The average Bonchev–Trinajstić information content (AvgIpc) is 3.12. The summed E-state index contributed by atoms with van der Waals surface area (Å²) in [5, 5.41) is 6.72. The first-order valence-corrected chi connectivity index (χ1v) is 8.65. The predicted molar refractivity (Wildman–Crippen MR) is 90.9 cm³/mol. The van der Waals surface area contributed by atoms with Crippen molar-refractivity contribution in [3.8, 4) is 11.5 Å². The summed E-state index contributed by atoms with van der Waals surface area (Å²) in [7, 11) is 0. The fraction of sp³-hybridized carbons (Fsp3) is 0.500. The molecule has 0 aliphatic carbocycles. The van der Waals surface area contributed by atoms with Gasteiger partial charge in [0.1, 0.15) is 6.61 Å². The van der Waals surface area contributed by atoms with Crippen molar-refractivity contribution >= 4 is 5.91 Å². The molecule has 0 unspecified atom stereocenters. The molecule has 134 valence electrons. The highest BCUT2D eigenvalue weighted by Gasteiger charge is 2.14. The van der Waals surface area contributed by atoms with Gasteiger partial charge in [0.25, 0.3) is 5.89 Å². The number of carbonyl (C=O) groups excluding carboxylic acids is 1. The van der Waals surface area contributed by atoms with Crippen LogP contribution >= 0.6 is 0 Å². The standard InChI is InChI=1S/C18H23N3O4/c22-17(13-23-12-15-8-4-5-11-24-15)19-10-9-16-20-18(25-21-16)14-6-2-1-3-7-14/h1-3,6-7,15H,4-5,8-13H2,(H,19,22)/t15-/m1/s1. The lowest BCUT2D eigenvalue weighted by molar-refractivity contribution is -0.127. The lowest BCUT2D eigenvalue weighted by Crippen LogP contribution is -2.32. The highest BCUT2D eigenvalue weighted by molar-refractivity contribution is 5.77. The lowest BCUT2D eigenvalue weighted by Gasteiger charge is -2.22. The van der Waals surface area contributed by atoms with Gasteiger partial charge >= 0.3 is 0 Å². The molecular formula is C18H23N3O4. The molecule has 1 amide bonds. The van der Waals surface area contributed by atoms with E-state index in [4.69, 9.17) is 14.0 Å². The van der Waals surface area contributed by atoms with Gasteiger partial charge in [0.05, 0.1) is 12.7 Å². The third kappa shape index (κ3) is 5.65. The van der Waals surface area contributed by atoms with Crippen molar-refractivity contribution in [1.82, 2.24) is 15.5 Å². The van der Waals surface area contributed by atoms with Crippen molar-refractivity contribution in [3.05, 3.63) is 36.2 Å². The van der Waals surface area contributed by atoms with Gasteiger partial charge in [0.15, 0.2) is 5.82 Å². The number of nitrogens with one attached hydrogen (secondary N) is 1. The lowest BCUT2D eigenvalue weighted by atomic mass is 10.1. The topological polar surface area (TPSA) is 86.5 Å². The van der Waals surface area contributed by atoms with Crippen LogP contribution in [0, 0.1) is 0 Å². The van der Waals surface area contributed by atoms with Gasteiger partial charge in [0.2, 0.25) is 5.91 Å². The van der Waals surface area contributed by atoms with Crippen LogP contribution in [0.5, 0.6) is 0 Å². The second-order valence-electron chi connectivity index (χ2n) is 5.99. The number of ether oxygens (including phenoxy) is 2. The SMILES string of the molecule is O=C(COC[C@H]1CCCCO1)NCCc1noc(-c2ccccc2)n1. The molecule has 1 aromatic heterocycles. The summed E-state index contributed by atoms with van der Waals surface area (Å²) in [4.78, 5) is 16.1. The Kier molecular flexibility index (Phi) is 6.53. The second-order valence-corrected chi connectivity index (χ2v) is 5.99. The van der Waals surface area contributed by atoms with Gasteiger partial charge in [-0.05, 0) is 31.4 Å². The Morgan fingerprint density at radius 2 is 2.16 bits per heavy atom. The van der Waals surface area contributed by atoms with Crippen LogP contribution < -0.4 is 5.32 Å². The van der Waals surface area contributed by atoms with E-state index in [1.807, 2.05) is 30.3 Å². The van der Waals surface area contributed by atoms with Crippen LogP contribution in [-0.4, -0.2) is 48.5 Å². The molecule has 1 atom stereocenters. The van der Waals surface area contributed by atoms with Crippen LogP contribution in [0.4, 0.5) is 0 Å². The normalized spacial score (nSPS) is 17.4. The molecule has 7 nitrogen and oxygen atoms in total. The Hall–Kier alpha value is -2.25. The van der Waals surface area contributed by atoms with Crippen LogP contribution in [0.1, 0.15) is 25.1 Å². The third-order valence-corrected chi connectivity index (χ3v) is 3.97. The maximum Gasteiger partial charge on any atom is 0.257 e. The third-order valence-electron chi connectivity index (χ3n) is 3.97. The van der Waals surface area contributed by atoms with Crippen LogP contribution in [0.3, 0.4) is 0 Å². The monoisotopic (exact) mass is 345 g/mol. The summed E-state index contributed by atoms with van der Waals surface area (Å²) >= 11 is 0. The molecule has 0 saturated carbocycles. The van der Waals surface area contributed by atoms with Crippen molar-refractivity contribution < 1.29 is 18.8 Å². The number of hydrogen-bond acceptors (Lipinski definition) is 6. The summed E-state index contributed by atoms with van der Waals surface area (Å²) in [6.45, 7) is 1.74. The number of benzene rings is 1. The molecule has 2 aromatic rings. The minimum atomic E-state index is -0.150. The van der Waals surface area contributed by atoms with Gasteiger partial charge in [-0.25, -0.2) is 0 Å². The first-order chi connectivity index (χ1) is 12.3. The van der Waals surface area contributed by atoms with Gasteiger partial charge in [-0.1, -0.05) is 23.4 Å². The molecule has 1 aromatic carbocycles. The Morgan fingerprint density at radius 1 is 1.28 bits per heavy atom. The van der Waals surface area contributed by atoms with Crippen molar-refractivity contribution in [3.63, 3.8) is 0 Å². The summed E-state index contributed by atoms with van der Waals surface area (Å²) in [6, 6.07) is 9.58. The number of amides is 1. The number of aromatic nitrogens is 2. The van der Waals surface area contributed by atoms with E-state index in [0.29, 0.717) is 31.3 Å². The average molecular weight is 345 g/mol. The van der Waals surface area contributed by atoms with E-state index in [2.05, 4.69) is 15.5 Å². The van der Waals surface area contributed by atoms with Gasteiger partial charge in [-0.2, -0.15) is 4.98 Å². The van der Waals surface area contributed by atoms with Crippen molar-refractivity contribution in [1.29, 1.82) is 0 Å². The number of hydrogen-bond donors (Lipinski definition) is 1. The van der Waals surface area contributed by atoms with Crippen molar-refractivity contribution in [2.24, 2.45) is 0 Å². The first-order valence-electron chi connectivity index (χ1n) is 8.65. The molecule has 3 rings (SSSR count). The fourth-order valence-electron chi connectivity index (χ4n) is 2.64. The maximum atomic E-state index is 11.8. The fourth-order valence-corrected chi connectivity index (χ4v) is 2.64. The zero-order chi connectivity index (χ0) is 17.3. The molecule has 1 fully saturated rings. The highest BCUT2D eigenvalue weighted by atomic mass is 16.5. The van der Waals surface area contributed by atoms with Gasteiger partial charge < -0.3 is 19.3 Å². The molecule has 1 aliphatic rings. The van der Waals surface area contributed by atoms with Crippen molar-refractivity contribution in [2.45, 2.75) is 31.8 Å². The van der Waals surface area contributed by atoms with E-state index in [0.717, 1.165) is 31.4 Å². The summed E-state index contributed by atoms with van der Waals surface area (Å²) in [5.41, 5.74) is 0.878. The van der Waals surface area contributed by atoms with Gasteiger partial charge in [-0.3, -0.25) is 4.79 Å². The van der Waals surface area contributed by atoms with E-state index < -0.39 is 0 Å². The molecule has 1 N–H and O–H groups in total. The zero-order valence-corrected chi connectivity index (χ0v) is 14.1. The van der Waals surface area contributed by atoms with E-state index in [1.165, 1.54) is 0 Å². The minimum Gasteiger partial charge on any atom is -0.376 e. The summed E-state index contributed by atoms with van der Waals surface area (Å²) < 4.78 is 16.2. The van der Waals surface area contributed by atoms with Gasteiger partial charge in [0, 0.05) is 25.1 Å². The van der Waals surface area contributed by atoms with Gasteiger partial charge in [-0.15, -0.1) is 0 Å². The van der Waals surface area contributed by atoms with Crippen LogP contribution in [0.2, 0.25) is 0 Å². The van der Waals surface area contributed by atoms with E-state index in [1.54, 1.807) is 0 Å². The molecule has 25 heavy (non-hydrogen) atoms. The Labute approximate surface area is 146 Å². The van der Waals surface area contributed by atoms with Crippen LogP contribution in [0.25, 0.3) is 11.5 Å². The minimum absolute atomic E-state index is 0.0430. The molecule has 7 heteroatoms.